The Hall–Kier alpha value is -3.32. The van der Waals surface area contributed by atoms with Crippen molar-refractivity contribution in [2.45, 2.75) is 32.0 Å². The largest absolute Gasteiger partial charge is 0.373 e. The first-order chi connectivity index (χ1) is 15.5. The van der Waals surface area contributed by atoms with E-state index in [9.17, 15) is 9.18 Å². The molecule has 2 heterocycles. The van der Waals surface area contributed by atoms with E-state index >= 15 is 0 Å². The van der Waals surface area contributed by atoms with E-state index in [1.165, 1.54) is 12.1 Å². The molecule has 0 bridgehead atoms. The van der Waals surface area contributed by atoms with Crippen LogP contribution in [0.2, 0.25) is 0 Å². The Morgan fingerprint density at radius 3 is 2.53 bits per heavy atom. The van der Waals surface area contributed by atoms with Crippen molar-refractivity contribution >= 4 is 11.7 Å². The Bertz CT molecular complexity index is 1060. The maximum absolute atomic E-state index is 13.2. The zero-order valence-corrected chi connectivity index (χ0v) is 18.5. The van der Waals surface area contributed by atoms with Gasteiger partial charge in [0.05, 0.1) is 12.2 Å². The fourth-order valence-corrected chi connectivity index (χ4v) is 4.05. The molecule has 1 saturated heterocycles. The van der Waals surface area contributed by atoms with Crippen molar-refractivity contribution in [3.63, 3.8) is 0 Å². The molecule has 0 radical (unpaired) electrons. The number of anilines is 1. The van der Waals surface area contributed by atoms with Gasteiger partial charge in [-0.1, -0.05) is 42.5 Å². The van der Waals surface area contributed by atoms with E-state index in [2.05, 4.69) is 15.2 Å². The summed E-state index contributed by atoms with van der Waals surface area (Å²) in [6.45, 7) is 2.48. The van der Waals surface area contributed by atoms with Gasteiger partial charge in [0.2, 0.25) is 5.91 Å². The number of benzene rings is 2. The van der Waals surface area contributed by atoms with Crippen LogP contribution in [-0.2, 0) is 24.4 Å². The van der Waals surface area contributed by atoms with Crippen molar-refractivity contribution in [2.24, 2.45) is 0 Å². The molecule has 1 amide bonds. The van der Waals surface area contributed by atoms with Crippen LogP contribution in [-0.4, -0.2) is 46.3 Å². The first-order valence-corrected chi connectivity index (χ1v) is 10.8. The second-order valence-corrected chi connectivity index (χ2v) is 8.30. The first kappa shape index (κ1) is 21.9. The number of hydrogen-bond donors (Lipinski definition) is 1. The quantitative estimate of drug-likeness (QED) is 0.586. The average Bonchev–Trinajstić information content (AvgIpc) is 3.16. The third-order valence-corrected chi connectivity index (χ3v) is 5.67. The number of carbonyl (C=O) groups excluding carboxylic acids is 1. The van der Waals surface area contributed by atoms with Gasteiger partial charge in [0.15, 0.2) is 0 Å². The van der Waals surface area contributed by atoms with Gasteiger partial charge in [-0.2, -0.15) is 0 Å². The van der Waals surface area contributed by atoms with Crippen molar-refractivity contribution in [3.05, 3.63) is 89.1 Å². The van der Waals surface area contributed by atoms with E-state index in [1.54, 1.807) is 12.1 Å². The molecule has 6 nitrogen and oxygen atoms in total. The number of amides is 1. The summed E-state index contributed by atoms with van der Waals surface area (Å²) in [5, 5.41) is 3.11. The van der Waals surface area contributed by atoms with Gasteiger partial charge in [-0.25, -0.2) is 14.4 Å². The minimum atomic E-state index is -0.237. The number of nitrogens with zero attached hydrogens (tertiary/aromatic N) is 4. The SMILES string of the molecule is CNc1cc([C@@H]2CC(=O)N(Cc3ccccc3)C2)nc(CN(C)Cc2ccc(F)cc2)n1. The number of hydrogen-bond acceptors (Lipinski definition) is 5. The summed E-state index contributed by atoms with van der Waals surface area (Å²) >= 11 is 0. The predicted molar refractivity (Wildman–Crippen MR) is 122 cm³/mol. The highest BCUT2D eigenvalue weighted by Gasteiger charge is 2.32. The lowest BCUT2D eigenvalue weighted by Crippen LogP contribution is -2.24. The van der Waals surface area contributed by atoms with Crippen LogP contribution in [0.15, 0.2) is 60.7 Å². The van der Waals surface area contributed by atoms with Gasteiger partial charge in [0.25, 0.3) is 0 Å². The molecule has 166 valence electrons. The van der Waals surface area contributed by atoms with Crippen molar-refractivity contribution in [2.75, 3.05) is 26.0 Å². The summed E-state index contributed by atoms with van der Waals surface area (Å²) in [4.78, 5) is 26.0. The lowest BCUT2D eigenvalue weighted by atomic mass is 10.0. The standard InChI is InChI=1S/C25H28FN5O/c1-27-23-13-22(20-12-25(32)31(16-20)15-18-6-4-3-5-7-18)28-24(29-23)17-30(2)14-19-8-10-21(26)11-9-19/h3-11,13,20H,12,14-17H2,1-2H3,(H,27,28,29)/t20-/m1/s1. The highest BCUT2D eigenvalue weighted by molar-refractivity contribution is 5.79. The van der Waals surface area contributed by atoms with E-state index in [0.717, 1.165) is 22.6 Å². The molecule has 1 aromatic heterocycles. The number of carbonyl (C=O) groups is 1. The molecule has 4 rings (SSSR count). The normalized spacial score (nSPS) is 16.1. The maximum atomic E-state index is 13.2. The first-order valence-electron chi connectivity index (χ1n) is 10.8. The zero-order valence-electron chi connectivity index (χ0n) is 18.5. The Labute approximate surface area is 188 Å². The summed E-state index contributed by atoms with van der Waals surface area (Å²) in [7, 11) is 3.82. The third-order valence-electron chi connectivity index (χ3n) is 5.67. The van der Waals surface area contributed by atoms with Crippen LogP contribution in [0.1, 0.15) is 35.0 Å². The van der Waals surface area contributed by atoms with E-state index in [0.29, 0.717) is 38.4 Å². The molecular formula is C25H28FN5O. The average molecular weight is 434 g/mol. The molecule has 0 saturated carbocycles. The predicted octanol–water partition coefficient (Wildman–Crippen LogP) is 3.81. The van der Waals surface area contributed by atoms with Gasteiger partial charge >= 0.3 is 0 Å². The van der Waals surface area contributed by atoms with Crippen LogP contribution >= 0.6 is 0 Å². The molecule has 7 heteroatoms. The van der Waals surface area contributed by atoms with Gasteiger partial charge in [-0.3, -0.25) is 9.69 Å². The zero-order chi connectivity index (χ0) is 22.5. The fraction of sp³-hybridized carbons (Fsp3) is 0.320. The molecule has 0 unspecified atom stereocenters. The molecule has 3 aromatic rings. The highest BCUT2D eigenvalue weighted by Crippen LogP contribution is 2.29. The molecule has 0 spiro atoms. The summed E-state index contributed by atoms with van der Waals surface area (Å²) in [6, 6.07) is 18.5. The monoisotopic (exact) mass is 433 g/mol. The summed E-state index contributed by atoms with van der Waals surface area (Å²) in [5.74, 6) is 1.40. The molecule has 32 heavy (non-hydrogen) atoms. The van der Waals surface area contributed by atoms with Gasteiger partial charge in [-0.15, -0.1) is 0 Å². The minimum absolute atomic E-state index is 0.0440. The Morgan fingerprint density at radius 2 is 1.81 bits per heavy atom. The van der Waals surface area contributed by atoms with Crippen molar-refractivity contribution in [3.8, 4) is 0 Å². The smallest absolute Gasteiger partial charge is 0.223 e. The Kier molecular flexibility index (Phi) is 6.75. The summed E-state index contributed by atoms with van der Waals surface area (Å²) in [6.07, 6.45) is 0.456. The van der Waals surface area contributed by atoms with Crippen LogP contribution in [0, 0.1) is 5.82 Å². The Morgan fingerprint density at radius 1 is 1.06 bits per heavy atom. The number of rotatable bonds is 8. The van der Waals surface area contributed by atoms with E-state index in [-0.39, 0.29) is 17.6 Å². The topological polar surface area (TPSA) is 61.4 Å². The van der Waals surface area contributed by atoms with Gasteiger partial charge in [-0.05, 0) is 30.3 Å². The van der Waals surface area contributed by atoms with Crippen LogP contribution in [0.25, 0.3) is 0 Å². The lowest BCUT2D eigenvalue weighted by molar-refractivity contribution is -0.128. The lowest BCUT2D eigenvalue weighted by Gasteiger charge is -2.19. The van der Waals surface area contributed by atoms with Gasteiger partial charge in [0, 0.05) is 45.1 Å². The van der Waals surface area contributed by atoms with Crippen LogP contribution in [0.5, 0.6) is 0 Å². The second-order valence-electron chi connectivity index (χ2n) is 8.30. The molecule has 0 aliphatic carbocycles. The molecule has 2 aromatic carbocycles. The van der Waals surface area contributed by atoms with E-state index in [4.69, 9.17) is 4.98 Å². The number of likely N-dealkylation sites (tertiary alicyclic amines) is 1. The second kappa shape index (κ2) is 9.87. The van der Waals surface area contributed by atoms with Crippen LogP contribution < -0.4 is 5.32 Å². The summed E-state index contributed by atoms with van der Waals surface area (Å²) < 4.78 is 13.2. The molecule has 1 atom stereocenters. The number of aromatic nitrogens is 2. The summed E-state index contributed by atoms with van der Waals surface area (Å²) in [5.41, 5.74) is 3.04. The van der Waals surface area contributed by atoms with Crippen molar-refractivity contribution in [1.29, 1.82) is 0 Å². The molecule has 1 aliphatic rings. The highest BCUT2D eigenvalue weighted by atomic mass is 19.1. The fourth-order valence-electron chi connectivity index (χ4n) is 4.05. The molecule has 1 N–H and O–H groups in total. The molecular weight excluding hydrogens is 405 g/mol. The van der Waals surface area contributed by atoms with Crippen molar-refractivity contribution < 1.29 is 9.18 Å². The molecule has 1 aliphatic heterocycles. The molecule has 1 fully saturated rings. The van der Waals surface area contributed by atoms with Crippen LogP contribution in [0.3, 0.4) is 0 Å². The van der Waals surface area contributed by atoms with Gasteiger partial charge in [0.1, 0.15) is 17.5 Å². The van der Waals surface area contributed by atoms with Crippen molar-refractivity contribution in [1.82, 2.24) is 19.8 Å². The number of halogens is 1. The minimum Gasteiger partial charge on any atom is -0.373 e. The van der Waals surface area contributed by atoms with E-state index in [1.807, 2.05) is 55.4 Å². The van der Waals surface area contributed by atoms with Gasteiger partial charge < -0.3 is 10.2 Å². The van der Waals surface area contributed by atoms with Crippen LogP contribution in [0.4, 0.5) is 10.2 Å². The maximum Gasteiger partial charge on any atom is 0.223 e. The van der Waals surface area contributed by atoms with E-state index < -0.39 is 0 Å². The Balaban J connectivity index is 1.45. The number of nitrogens with one attached hydrogen (secondary N) is 1. The third kappa shape index (κ3) is 5.48.